The highest BCUT2D eigenvalue weighted by atomic mass is 16.2. The van der Waals surface area contributed by atoms with Crippen LogP contribution in [0.3, 0.4) is 0 Å². The lowest BCUT2D eigenvalue weighted by molar-refractivity contribution is -0.131. The molecule has 2 aromatic rings. The van der Waals surface area contributed by atoms with Crippen molar-refractivity contribution in [2.45, 2.75) is 58.4 Å². The third-order valence-corrected chi connectivity index (χ3v) is 5.54. The largest absolute Gasteiger partial charge is 0.338 e. The van der Waals surface area contributed by atoms with Crippen LogP contribution in [0.4, 0.5) is 0 Å². The van der Waals surface area contributed by atoms with E-state index in [2.05, 4.69) is 12.1 Å². The van der Waals surface area contributed by atoms with Crippen LogP contribution in [-0.4, -0.2) is 23.1 Å². The molecular formula is C25H28N2O2. The first kappa shape index (κ1) is 20.8. The molecule has 4 heteroatoms. The molecular weight excluding hydrogens is 360 g/mol. The lowest BCUT2D eigenvalue weighted by atomic mass is 9.89. The van der Waals surface area contributed by atoms with Gasteiger partial charge in [0.25, 0.3) is 0 Å². The summed E-state index contributed by atoms with van der Waals surface area (Å²) in [5.41, 5.74) is 4.99. The van der Waals surface area contributed by atoms with Crippen LogP contribution in [0.25, 0.3) is 0 Å². The number of carbonyl (C=O) groups excluding carboxylic acids is 2. The summed E-state index contributed by atoms with van der Waals surface area (Å²) in [7, 11) is 0. The van der Waals surface area contributed by atoms with Gasteiger partial charge in [-0.05, 0) is 67.0 Å². The number of carbonyl (C=O) groups is 2. The van der Waals surface area contributed by atoms with Crippen LogP contribution in [-0.2, 0) is 24.2 Å². The van der Waals surface area contributed by atoms with E-state index in [0.29, 0.717) is 18.7 Å². The van der Waals surface area contributed by atoms with Crippen LogP contribution in [0.1, 0.15) is 71.6 Å². The number of nitriles is 1. The summed E-state index contributed by atoms with van der Waals surface area (Å²) in [5.74, 6) is 0.0454. The summed E-state index contributed by atoms with van der Waals surface area (Å²) >= 11 is 0. The second kappa shape index (κ2) is 10.0. The van der Waals surface area contributed by atoms with Gasteiger partial charge in [0, 0.05) is 31.5 Å². The molecule has 1 amide bonds. The maximum atomic E-state index is 12.8. The molecule has 4 nitrogen and oxygen atoms in total. The Kier molecular flexibility index (Phi) is 7.19. The predicted molar refractivity (Wildman–Crippen MR) is 114 cm³/mol. The van der Waals surface area contributed by atoms with Gasteiger partial charge >= 0.3 is 0 Å². The average Bonchev–Trinajstić information content (AvgIpc) is 2.77. The third kappa shape index (κ3) is 5.54. The second-order valence-corrected chi connectivity index (χ2v) is 7.74. The topological polar surface area (TPSA) is 61.2 Å². The molecule has 0 heterocycles. The van der Waals surface area contributed by atoms with Gasteiger partial charge in [-0.2, -0.15) is 5.26 Å². The van der Waals surface area contributed by atoms with E-state index < -0.39 is 0 Å². The van der Waals surface area contributed by atoms with E-state index in [0.717, 1.165) is 30.4 Å². The van der Waals surface area contributed by atoms with Gasteiger partial charge < -0.3 is 4.90 Å². The molecule has 0 saturated heterocycles. The zero-order valence-electron chi connectivity index (χ0n) is 17.1. The van der Waals surface area contributed by atoms with Crippen LogP contribution < -0.4 is 0 Å². The number of nitrogens with zero attached hydrogens (tertiary/aromatic N) is 2. The maximum Gasteiger partial charge on any atom is 0.223 e. The molecule has 3 rings (SSSR count). The summed E-state index contributed by atoms with van der Waals surface area (Å²) in [6.45, 7) is 3.20. The SMILES string of the molecule is CCCN(Cc1ccc(C#N)cc1)C(=O)CCC(=O)c1ccc2c(c1)CCCC2. The number of aryl methyl sites for hydroxylation is 2. The molecule has 1 aliphatic carbocycles. The monoisotopic (exact) mass is 388 g/mol. The molecule has 0 aliphatic heterocycles. The highest BCUT2D eigenvalue weighted by molar-refractivity contribution is 5.98. The lowest BCUT2D eigenvalue weighted by Crippen LogP contribution is -2.31. The number of benzene rings is 2. The predicted octanol–water partition coefficient (Wildman–Crippen LogP) is 4.84. The Balaban J connectivity index is 1.59. The quantitative estimate of drug-likeness (QED) is 0.608. The Labute approximate surface area is 173 Å². The number of rotatable bonds is 8. The molecule has 2 aromatic carbocycles. The molecule has 150 valence electrons. The van der Waals surface area contributed by atoms with Crippen molar-refractivity contribution in [3.8, 4) is 6.07 Å². The third-order valence-electron chi connectivity index (χ3n) is 5.54. The van der Waals surface area contributed by atoms with E-state index in [-0.39, 0.29) is 24.5 Å². The van der Waals surface area contributed by atoms with Crippen molar-refractivity contribution in [1.82, 2.24) is 4.90 Å². The van der Waals surface area contributed by atoms with Gasteiger partial charge in [0.15, 0.2) is 5.78 Å². The first-order valence-electron chi connectivity index (χ1n) is 10.5. The minimum atomic E-state index is 0.00233. The first-order chi connectivity index (χ1) is 14.1. The molecule has 0 aromatic heterocycles. The molecule has 0 N–H and O–H groups in total. The summed E-state index contributed by atoms with van der Waals surface area (Å²) in [5, 5.41) is 8.92. The maximum absolute atomic E-state index is 12.8. The van der Waals surface area contributed by atoms with Crippen LogP contribution in [0.2, 0.25) is 0 Å². The van der Waals surface area contributed by atoms with E-state index in [1.807, 2.05) is 36.1 Å². The minimum absolute atomic E-state index is 0.00233. The molecule has 0 bridgehead atoms. The Hall–Kier alpha value is -2.93. The summed E-state index contributed by atoms with van der Waals surface area (Å²) in [6.07, 6.45) is 5.89. The summed E-state index contributed by atoms with van der Waals surface area (Å²) in [4.78, 5) is 27.2. The van der Waals surface area contributed by atoms with E-state index in [1.54, 1.807) is 12.1 Å². The molecule has 0 unspecified atom stereocenters. The smallest absolute Gasteiger partial charge is 0.223 e. The second-order valence-electron chi connectivity index (χ2n) is 7.74. The molecule has 0 atom stereocenters. The fraction of sp³-hybridized carbons (Fsp3) is 0.400. The van der Waals surface area contributed by atoms with Crippen molar-refractivity contribution in [2.24, 2.45) is 0 Å². The Morgan fingerprint density at radius 3 is 2.41 bits per heavy atom. The Morgan fingerprint density at radius 2 is 1.72 bits per heavy atom. The van der Waals surface area contributed by atoms with Gasteiger partial charge in [-0.15, -0.1) is 0 Å². The van der Waals surface area contributed by atoms with Crippen molar-refractivity contribution in [2.75, 3.05) is 6.54 Å². The van der Waals surface area contributed by atoms with Gasteiger partial charge in [0.05, 0.1) is 11.6 Å². The number of ketones is 1. The van der Waals surface area contributed by atoms with Crippen LogP contribution >= 0.6 is 0 Å². The van der Waals surface area contributed by atoms with Crippen molar-refractivity contribution in [3.05, 3.63) is 70.3 Å². The number of fused-ring (bicyclic) bond motifs is 1. The van der Waals surface area contributed by atoms with Crippen molar-refractivity contribution < 1.29 is 9.59 Å². The van der Waals surface area contributed by atoms with E-state index >= 15 is 0 Å². The fourth-order valence-corrected chi connectivity index (χ4v) is 3.90. The Morgan fingerprint density at radius 1 is 1.00 bits per heavy atom. The van der Waals surface area contributed by atoms with Gasteiger partial charge in [0.2, 0.25) is 5.91 Å². The lowest BCUT2D eigenvalue weighted by Gasteiger charge is -2.22. The van der Waals surface area contributed by atoms with Gasteiger partial charge in [-0.3, -0.25) is 9.59 Å². The molecule has 29 heavy (non-hydrogen) atoms. The molecule has 0 spiro atoms. The van der Waals surface area contributed by atoms with Crippen LogP contribution in [0.5, 0.6) is 0 Å². The van der Waals surface area contributed by atoms with Gasteiger partial charge in [-0.25, -0.2) is 0 Å². The zero-order valence-corrected chi connectivity index (χ0v) is 17.1. The number of amides is 1. The van der Waals surface area contributed by atoms with E-state index in [4.69, 9.17) is 5.26 Å². The normalized spacial score (nSPS) is 12.7. The van der Waals surface area contributed by atoms with Crippen molar-refractivity contribution >= 4 is 11.7 Å². The molecule has 0 radical (unpaired) electrons. The van der Waals surface area contributed by atoms with Gasteiger partial charge in [0.1, 0.15) is 0 Å². The standard InChI is InChI=1S/C25H28N2O2/c1-2-15-27(18-20-9-7-19(17-26)8-10-20)25(29)14-13-24(28)23-12-11-21-5-3-4-6-22(21)16-23/h7-12,16H,2-6,13-15,18H2,1H3. The molecule has 1 aliphatic rings. The van der Waals surface area contributed by atoms with Gasteiger partial charge in [-0.1, -0.05) is 31.2 Å². The fourth-order valence-electron chi connectivity index (χ4n) is 3.90. The summed E-state index contributed by atoms with van der Waals surface area (Å²) < 4.78 is 0. The number of Topliss-reactive ketones (excluding diaryl/α,β-unsaturated/α-hetero) is 1. The van der Waals surface area contributed by atoms with Crippen LogP contribution in [0.15, 0.2) is 42.5 Å². The first-order valence-corrected chi connectivity index (χ1v) is 10.5. The highest BCUT2D eigenvalue weighted by Crippen LogP contribution is 2.23. The Bertz CT molecular complexity index is 909. The number of hydrogen-bond acceptors (Lipinski definition) is 3. The zero-order chi connectivity index (χ0) is 20.6. The molecule has 0 fully saturated rings. The molecule has 0 saturated carbocycles. The summed E-state index contributed by atoms with van der Waals surface area (Å²) in [6, 6.07) is 15.4. The van der Waals surface area contributed by atoms with Crippen molar-refractivity contribution in [3.63, 3.8) is 0 Å². The minimum Gasteiger partial charge on any atom is -0.338 e. The number of hydrogen-bond donors (Lipinski definition) is 0. The highest BCUT2D eigenvalue weighted by Gasteiger charge is 2.17. The van der Waals surface area contributed by atoms with E-state index in [9.17, 15) is 9.59 Å². The van der Waals surface area contributed by atoms with Crippen molar-refractivity contribution in [1.29, 1.82) is 5.26 Å². The average molecular weight is 389 g/mol. The van der Waals surface area contributed by atoms with Crippen LogP contribution in [0, 0.1) is 11.3 Å². The van der Waals surface area contributed by atoms with E-state index in [1.165, 1.54) is 24.0 Å².